The molecule has 0 aromatic carbocycles. The van der Waals surface area contributed by atoms with Gasteiger partial charge in [-0.05, 0) is 39.0 Å². The summed E-state index contributed by atoms with van der Waals surface area (Å²) in [7, 11) is 0. The third-order valence-corrected chi connectivity index (χ3v) is 5.79. The van der Waals surface area contributed by atoms with E-state index >= 15 is 0 Å². The maximum atomic E-state index is 13.1. The highest BCUT2D eigenvalue weighted by Crippen LogP contribution is 2.34. The van der Waals surface area contributed by atoms with Gasteiger partial charge >= 0.3 is 0 Å². The van der Waals surface area contributed by atoms with E-state index < -0.39 is 0 Å². The zero-order chi connectivity index (χ0) is 18.8. The van der Waals surface area contributed by atoms with Gasteiger partial charge in [0.15, 0.2) is 5.82 Å². The molecule has 2 fully saturated rings. The van der Waals surface area contributed by atoms with Crippen LogP contribution >= 0.6 is 0 Å². The SMILES string of the molecule is Cc1nc([C@@H]2C[C@H](NC(=O)C3CCOCC3)CN2C(=O)C2CC=CC2)n[nH]1. The number of hydrogen-bond donors (Lipinski definition) is 2. The largest absolute Gasteiger partial charge is 0.381 e. The molecule has 2 saturated heterocycles. The van der Waals surface area contributed by atoms with E-state index in [4.69, 9.17) is 4.74 Å². The van der Waals surface area contributed by atoms with E-state index in [1.54, 1.807) is 0 Å². The van der Waals surface area contributed by atoms with Crippen LogP contribution in [-0.4, -0.2) is 57.7 Å². The molecule has 2 aliphatic heterocycles. The summed E-state index contributed by atoms with van der Waals surface area (Å²) < 4.78 is 5.34. The number of aromatic amines is 1. The van der Waals surface area contributed by atoms with Gasteiger partial charge in [0.2, 0.25) is 11.8 Å². The molecule has 2 N–H and O–H groups in total. The molecule has 0 saturated carbocycles. The summed E-state index contributed by atoms with van der Waals surface area (Å²) in [6.45, 7) is 3.65. The number of nitrogens with one attached hydrogen (secondary N) is 2. The van der Waals surface area contributed by atoms with Gasteiger partial charge in [-0.25, -0.2) is 4.98 Å². The average molecular weight is 373 g/mol. The van der Waals surface area contributed by atoms with Crippen molar-refractivity contribution in [2.24, 2.45) is 11.8 Å². The summed E-state index contributed by atoms with van der Waals surface area (Å²) in [6.07, 6.45) is 7.88. The van der Waals surface area contributed by atoms with Crippen LogP contribution in [0.3, 0.4) is 0 Å². The van der Waals surface area contributed by atoms with Crippen molar-refractivity contribution < 1.29 is 14.3 Å². The topological polar surface area (TPSA) is 100 Å². The lowest BCUT2D eigenvalue weighted by atomic mass is 9.99. The third-order valence-electron chi connectivity index (χ3n) is 5.79. The summed E-state index contributed by atoms with van der Waals surface area (Å²) in [5, 5.41) is 10.3. The highest BCUT2D eigenvalue weighted by molar-refractivity contribution is 5.81. The van der Waals surface area contributed by atoms with Gasteiger partial charge in [0, 0.05) is 37.6 Å². The van der Waals surface area contributed by atoms with Gasteiger partial charge in [0.25, 0.3) is 0 Å². The van der Waals surface area contributed by atoms with Gasteiger partial charge < -0.3 is 15.0 Å². The Hall–Kier alpha value is -2.22. The number of amides is 2. The number of rotatable bonds is 4. The number of carbonyl (C=O) groups is 2. The minimum absolute atomic E-state index is 0.00233. The molecule has 2 atom stereocenters. The van der Waals surface area contributed by atoms with Crippen molar-refractivity contribution in [3.8, 4) is 0 Å². The van der Waals surface area contributed by atoms with E-state index in [1.807, 2.05) is 11.8 Å². The Morgan fingerprint density at radius 1 is 1.22 bits per heavy atom. The van der Waals surface area contributed by atoms with E-state index in [-0.39, 0.29) is 35.7 Å². The van der Waals surface area contributed by atoms with Gasteiger partial charge in [-0.1, -0.05) is 12.2 Å². The standard InChI is InChI=1S/C19H27N5O3/c1-12-20-17(23-22-12)16-10-15(21-18(25)13-6-8-27-9-7-13)11-24(16)19(26)14-4-2-3-5-14/h2-3,13-16H,4-11H2,1H3,(H,21,25)(H,20,22,23)/t15-,16-/m0/s1. The van der Waals surface area contributed by atoms with Crippen molar-refractivity contribution in [2.45, 2.75) is 51.1 Å². The lowest BCUT2D eigenvalue weighted by Crippen LogP contribution is -2.43. The molecule has 0 spiro atoms. The fourth-order valence-corrected chi connectivity index (χ4v) is 4.27. The van der Waals surface area contributed by atoms with Crippen molar-refractivity contribution in [3.63, 3.8) is 0 Å². The molecule has 1 aliphatic carbocycles. The number of hydrogen-bond acceptors (Lipinski definition) is 5. The van der Waals surface area contributed by atoms with Crippen LogP contribution in [0.15, 0.2) is 12.2 Å². The van der Waals surface area contributed by atoms with Crippen molar-refractivity contribution in [3.05, 3.63) is 23.8 Å². The van der Waals surface area contributed by atoms with Crippen LogP contribution in [0.25, 0.3) is 0 Å². The van der Waals surface area contributed by atoms with Crippen LogP contribution in [-0.2, 0) is 14.3 Å². The Kier molecular flexibility index (Phi) is 5.24. The number of allylic oxidation sites excluding steroid dienone is 2. The van der Waals surface area contributed by atoms with Crippen molar-refractivity contribution in [1.29, 1.82) is 0 Å². The van der Waals surface area contributed by atoms with Gasteiger partial charge in [-0.3, -0.25) is 14.7 Å². The van der Waals surface area contributed by atoms with Gasteiger partial charge in [0.05, 0.1) is 6.04 Å². The summed E-state index contributed by atoms with van der Waals surface area (Å²) in [6, 6.07) is -0.259. The van der Waals surface area contributed by atoms with Crippen LogP contribution in [0.2, 0.25) is 0 Å². The van der Waals surface area contributed by atoms with Crippen LogP contribution in [0, 0.1) is 18.8 Å². The molecule has 3 heterocycles. The quantitative estimate of drug-likeness (QED) is 0.774. The van der Waals surface area contributed by atoms with Crippen LogP contribution in [0.5, 0.6) is 0 Å². The molecule has 0 bridgehead atoms. The van der Waals surface area contributed by atoms with E-state index in [0.29, 0.717) is 32.0 Å². The zero-order valence-electron chi connectivity index (χ0n) is 15.7. The molecular formula is C19H27N5O3. The number of ether oxygens (including phenoxy) is 1. The number of carbonyl (C=O) groups excluding carboxylic acids is 2. The number of likely N-dealkylation sites (tertiary alicyclic amines) is 1. The average Bonchev–Trinajstić information content (AvgIpc) is 3.42. The fourth-order valence-electron chi connectivity index (χ4n) is 4.27. The summed E-state index contributed by atoms with van der Waals surface area (Å²) >= 11 is 0. The first-order chi connectivity index (χ1) is 13.1. The molecule has 3 aliphatic rings. The summed E-state index contributed by atoms with van der Waals surface area (Å²) in [5.74, 6) is 1.58. The Bertz CT molecular complexity index is 717. The van der Waals surface area contributed by atoms with Crippen molar-refractivity contribution in [1.82, 2.24) is 25.4 Å². The second kappa shape index (κ2) is 7.80. The van der Waals surface area contributed by atoms with Crippen LogP contribution in [0.1, 0.15) is 49.8 Å². The summed E-state index contributed by atoms with van der Waals surface area (Å²) in [4.78, 5) is 32.0. The predicted molar refractivity (Wildman–Crippen MR) is 97.5 cm³/mol. The molecule has 4 rings (SSSR count). The van der Waals surface area contributed by atoms with Crippen LogP contribution < -0.4 is 5.32 Å². The highest BCUT2D eigenvalue weighted by atomic mass is 16.5. The third kappa shape index (κ3) is 3.90. The van der Waals surface area contributed by atoms with Gasteiger partial charge in [-0.15, -0.1) is 0 Å². The van der Waals surface area contributed by atoms with Gasteiger partial charge in [0.1, 0.15) is 5.82 Å². The second-order valence-electron chi connectivity index (χ2n) is 7.75. The molecule has 27 heavy (non-hydrogen) atoms. The van der Waals surface area contributed by atoms with E-state index in [9.17, 15) is 9.59 Å². The minimum Gasteiger partial charge on any atom is -0.381 e. The normalized spacial score (nSPS) is 26.6. The molecule has 1 aromatic rings. The first-order valence-electron chi connectivity index (χ1n) is 9.84. The van der Waals surface area contributed by atoms with Gasteiger partial charge in [-0.2, -0.15) is 5.10 Å². The molecule has 0 radical (unpaired) electrons. The van der Waals surface area contributed by atoms with Crippen LogP contribution in [0.4, 0.5) is 0 Å². The Balaban J connectivity index is 1.46. The Labute approximate surface area is 158 Å². The fraction of sp³-hybridized carbons (Fsp3) is 0.684. The second-order valence-corrected chi connectivity index (χ2v) is 7.75. The lowest BCUT2D eigenvalue weighted by Gasteiger charge is -2.26. The first kappa shape index (κ1) is 18.2. The Morgan fingerprint density at radius 3 is 2.63 bits per heavy atom. The van der Waals surface area contributed by atoms with E-state index in [0.717, 1.165) is 31.5 Å². The number of H-pyrrole nitrogens is 1. The predicted octanol–water partition coefficient (Wildman–Crippen LogP) is 1.26. The maximum Gasteiger partial charge on any atom is 0.227 e. The molecule has 8 nitrogen and oxygen atoms in total. The molecule has 146 valence electrons. The van der Waals surface area contributed by atoms with Crippen molar-refractivity contribution >= 4 is 11.8 Å². The summed E-state index contributed by atoms with van der Waals surface area (Å²) in [5.41, 5.74) is 0. The zero-order valence-corrected chi connectivity index (χ0v) is 15.7. The highest BCUT2D eigenvalue weighted by Gasteiger charge is 2.41. The monoisotopic (exact) mass is 373 g/mol. The van der Waals surface area contributed by atoms with Crippen molar-refractivity contribution in [2.75, 3.05) is 19.8 Å². The molecule has 1 aromatic heterocycles. The Morgan fingerprint density at radius 2 is 1.96 bits per heavy atom. The molecule has 2 amide bonds. The molecule has 8 heteroatoms. The van der Waals surface area contributed by atoms with E-state index in [2.05, 4.69) is 32.7 Å². The maximum absolute atomic E-state index is 13.1. The molecular weight excluding hydrogens is 346 g/mol. The minimum atomic E-state index is -0.192. The number of nitrogens with zero attached hydrogens (tertiary/aromatic N) is 3. The first-order valence-corrected chi connectivity index (χ1v) is 9.84. The number of aromatic nitrogens is 3. The van der Waals surface area contributed by atoms with E-state index in [1.165, 1.54) is 0 Å². The smallest absolute Gasteiger partial charge is 0.227 e. The number of aryl methyl sites for hydroxylation is 1. The molecule has 0 unspecified atom stereocenters. The lowest BCUT2D eigenvalue weighted by molar-refractivity contribution is -0.136.